The molecule has 0 spiro atoms. The van der Waals surface area contributed by atoms with E-state index in [1.807, 2.05) is 19.1 Å². The molecule has 3 rings (SSSR count). The van der Waals surface area contributed by atoms with Gasteiger partial charge in [0.15, 0.2) is 5.82 Å². The predicted molar refractivity (Wildman–Crippen MR) is 89.0 cm³/mol. The fraction of sp³-hybridized carbons (Fsp3) is 0.500. The fourth-order valence-corrected chi connectivity index (χ4v) is 3.65. The number of amides is 1. The van der Waals surface area contributed by atoms with E-state index in [1.54, 1.807) is 18.7 Å². The Bertz CT molecular complexity index is 639. The molecule has 0 unspecified atom stereocenters. The standard InChI is InChI=1S/C16H21N5OS/c1-12(16-20-18-11-21(16)13-4-2-3-5-13)19-15(22)10-23-14-6-8-17-9-7-14/h6-9,11-13H,2-5,10H2,1H3,(H,19,22)/t12-/m0/s1. The van der Waals surface area contributed by atoms with Crippen molar-refractivity contribution in [1.82, 2.24) is 25.1 Å². The van der Waals surface area contributed by atoms with Crippen molar-refractivity contribution in [3.05, 3.63) is 36.7 Å². The van der Waals surface area contributed by atoms with Crippen LogP contribution in [0, 0.1) is 0 Å². The van der Waals surface area contributed by atoms with E-state index in [4.69, 9.17) is 0 Å². The molecule has 1 aliphatic rings. The molecule has 7 heteroatoms. The third-order valence-electron chi connectivity index (χ3n) is 4.10. The predicted octanol–water partition coefficient (Wildman–Crippen LogP) is 2.76. The highest BCUT2D eigenvalue weighted by molar-refractivity contribution is 8.00. The molecule has 6 nitrogen and oxygen atoms in total. The number of pyridine rings is 1. The van der Waals surface area contributed by atoms with Crippen molar-refractivity contribution < 1.29 is 4.79 Å². The summed E-state index contributed by atoms with van der Waals surface area (Å²) >= 11 is 1.50. The first-order valence-electron chi connectivity index (χ1n) is 7.95. The van der Waals surface area contributed by atoms with E-state index in [2.05, 4.69) is 25.1 Å². The molecule has 1 aliphatic carbocycles. The summed E-state index contributed by atoms with van der Waals surface area (Å²) in [6.07, 6.45) is 10.1. The van der Waals surface area contributed by atoms with E-state index in [1.165, 1.54) is 37.4 Å². The second-order valence-electron chi connectivity index (χ2n) is 5.80. The average Bonchev–Trinajstić information content (AvgIpc) is 3.24. The van der Waals surface area contributed by atoms with Gasteiger partial charge in [-0.2, -0.15) is 0 Å². The van der Waals surface area contributed by atoms with Crippen LogP contribution in [0.2, 0.25) is 0 Å². The molecule has 1 amide bonds. The molecular formula is C16H21N5OS. The minimum Gasteiger partial charge on any atom is -0.346 e. The molecule has 0 saturated heterocycles. The van der Waals surface area contributed by atoms with Crippen molar-refractivity contribution in [2.75, 3.05) is 5.75 Å². The lowest BCUT2D eigenvalue weighted by Gasteiger charge is -2.18. The van der Waals surface area contributed by atoms with Crippen LogP contribution in [-0.4, -0.2) is 31.4 Å². The summed E-state index contributed by atoms with van der Waals surface area (Å²) in [6, 6.07) is 4.14. The average molecular weight is 331 g/mol. The van der Waals surface area contributed by atoms with Crippen LogP contribution in [0.25, 0.3) is 0 Å². The summed E-state index contributed by atoms with van der Waals surface area (Å²) in [5.74, 6) is 1.23. The highest BCUT2D eigenvalue weighted by atomic mass is 32.2. The number of carbonyl (C=O) groups excluding carboxylic acids is 1. The summed E-state index contributed by atoms with van der Waals surface area (Å²) < 4.78 is 2.13. The molecule has 122 valence electrons. The molecule has 2 aromatic rings. The topological polar surface area (TPSA) is 72.7 Å². The highest BCUT2D eigenvalue weighted by Gasteiger charge is 2.23. The minimum atomic E-state index is -0.136. The number of nitrogens with one attached hydrogen (secondary N) is 1. The number of carbonyl (C=O) groups is 1. The van der Waals surface area contributed by atoms with Crippen LogP contribution in [0.4, 0.5) is 0 Å². The SMILES string of the molecule is C[C@H](NC(=O)CSc1ccncc1)c1nncn1C1CCCC1. The Morgan fingerprint density at radius 1 is 1.39 bits per heavy atom. The van der Waals surface area contributed by atoms with Crippen molar-refractivity contribution in [1.29, 1.82) is 0 Å². The molecule has 0 radical (unpaired) electrons. The maximum absolute atomic E-state index is 12.1. The maximum Gasteiger partial charge on any atom is 0.230 e. The Balaban J connectivity index is 1.55. The second-order valence-corrected chi connectivity index (χ2v) is 6.84. The van der Waals surface area contributed by atoms with Crippen LogP contribution in [0.15, 0.2) is 35.7 Å². The Labute approximate surface area is 140 Å². The number of hydrogen-bond acceptors (Lipinski definition) is 5. The van der Waals surface area contributed by atoms with E-state index in [0.29, 0.717) is 11.8 Å². The summed E-state index contributed by atoms with van der Waals surface area (Å²) in [6.45, 7) is 1.96. The number of nitrogens with zero attached hydrogens (tertiary/aromatic N) is 4. The first-order valence-corrected chi connectivity index (χ1v) is 8.94. The third-order valence-corrected chi connectivity index (χ3v) is 5.12. The maximum atomic E-state index is 12.1. The monoisotopic (exact) mass is 331 g/mol. The van der Waals surface area contributed by atoms with E-state index < -0.39 is 0 Å². The van der Waals surface area contributed by atoms with Gasteiger partial charge in [0, 0.05) is 23.3 Å². The van der Waals surface area contributed by atoms with E-state index in [-0.39, 0.29) is 11.9 Å². The van der Waals surface area contributed by atoms with Crippen LogP contribution in [0.3, 0.4) is 0 Å². The normalized spacial score (nSPS) is 16.4. The van der Waals surface area contributed by atoms with Gasteiger partial charge in [0.2, 0.25) is 5.91 Å². The van der Waals surface area contributed by atoms with Crippen molar-refractivity contribution >= 4 is 17.7 Å². The zero-order valence-electron chi connectivity index (χ0n) is 13.2. The summed E-state index contributed by atoms with van der Waals surface area (Å²) in [7, 11) is 0. The molecule has 2 heterocycles. The molecule has 1 N–H and O–H groups in total. The molecule has 1 fully saturated rings. The smallest absolute Gasteiger partial charge is 0.230 e. The Morgan fingerprint density at radius 3 is 2.87 bits per heavy atom. The van der Waals surface area contributed by atoms with Crippen LogP contribution < -0.4 is 5.32 Å². The highest BCUT2D eigenvalue weighted by Crippen LogP contribution is 2.31. The van der Waals surface area contributed by atoms with Gasteiger partial charge in [0.1, 0.15) is 6.33 Å². The summed E-state index contributed by atoms with van der Waals surface area (Å²) in [5.41, 5.74) is 0. The van der Waals surface area contributed by atoms with Crippen molar-refractivity contribution in [3.63, 3.8) is 0 Å². The van der Waals surface area contributed by atoms with Gasteiger partial charge in [0.25, 0.3) is 0 Å². The first-order chi connectivity index (χ1) is 11.2. The summed E-state index contributed by atoms with van der Waals surface area (Å²) in [5, 5.41) is 11.3. The minimum absolute atomic E-state index is 0.000263. The van der Waals surface area contributed by atoms with Gasteiger partial charge < -0.3 is 9.88 Å². The lowest BCUT2D eigenvalue weighted by atomic mass is 10.2. The molecule has 0 bridgehead atoms. The zero-order chi connectivity index (χ0) is 16.1. The van der Waals surface area contributed by atoms with E-state index >= 15 is 0 Å². The number of thioether (sulfide) groups is 1. The number of hydrogen-bond donors (Lipinski definition) is 1. The first kappa shape index (κ1) is 16.0. The Kier molecular flexibility index (Phi) is 5.27. The molecule has 0 aliphatic heterocycles. The third kappa shape index (κ3) is 4.10. The molecular weight excluding hydrogens is 310 g/mol. The quantitative estimate of drug-likeness (QED) is 0.824. The van der Waals surface area contributed by atoms with Crippen molar-refractivity contribution in [3.8, 4) is 0 Å². The second kappa shape index (κ2) is 7.59. The lowest BCUT2D eigenvalue weighted by Crippen LogP contribution is -2.30. The molecule has 2 aromatic heterocycles. The van der Waals surface area contributed by atoms with Crippen molar-refractivity contribution in [2.45, 2.75) is 49.6 Å². The van der Waals surface area contributed by atoms with Crippen LogP contribution >= 0.6 is 11.8 Å². The van der Waals surface area contributed by atoms with Crippen LogP contribution in [0.5, 0.6) is 0 Å². The molecule has 23 heavy (non-hydrogen) atoms. The van der Waals surface area contributed by atoms with Gasteiger partial charge >= 0.3 is 0 Å². The van der Waals surface area contributed by atoms with Gasteiger partial charge in [-0.15, -0.1) is 22.0 Å². The molecule has 1 atom stereocenters. The van der Waals surface area contributed by atoms with Gasteiger partial charge in [-0.3, -0.25) is 9.78 Å². The largest absolute Gasteiger partial charge is 0.346 e. The summed E-state index contributed by atoms with van der Waals surface area (Å²) in [4.78, 5) is 17.2. The number of rotatable bonds is 6. The van der Waals surface area contributed by atoms with Crippen LogP contribution in [-0.2, 0) is 4.79 Å². The molecule has 0 aromatic carbocycles. The Morgan fingerprint density at radius 2 is 2.13 bits per heavy atom. The molecule has 1 saturated carbocycles. The van der Waals surface area contributed by atoms with Crippen LogP contribution in [0.1, 0.15) is 50.5 Å². The fourth-order valence-electron chi connectivity index (χ4n) is 2.96. The van der Waals surface area contributed by atoms with E-state index in [9.17, 15) is 4.79 Å². The van der Waals surface area contributed by atoms with Crippen molar-refractivity contribution in [2.24, 2.45) is 0 Å². The van der Waals surface area contributed by atoms with Gasteiger partial charge in [-0.25, -0.2) is 0 Å². The zero-order valence-corrected chi connectivity index (χ0v) is 14.0. The number of aromatic nitrogens is 4. The van der Waals surface area contributed by atoms with Gasteiger partial charge in [-0.1, -0.05) is 12.8 Å². The van der Waals surface area contributed by atoms with Gasteiger partial charge in [0.05, 0.1) is 11.8 Å². The lowest BCUT2D eigenvalue weighted by molar-refractivity contribution is -0.119. The Hall–Kier alpha value is -1.89. The van der Waals surface area contributed by atoms with E-state index in [0.717, 1.165) is 10.7 Å². The van der Waals surface area contributed by atoms with Gasteiger partial charge in [-0.05, 0) is 31.9 Å².